The van der Waals surface area contributed by atoms with E-state index in [2.05, 4.69) is 21.9 Å². The number of thioether (sulfide) groups is 1. The molecule has 1 fully saturated rings. The van der Waals surface area contributed by atoms with Gasteiger partial charge in [0.2, 0.25) is 5.43 Å². The van der Waals surface area contributed by atoms with E-state index in [1.807, 2.05) is 65.9 Å². The molecule has 2 aliphatic rings. The van der Waals surface area contributed by atoms with Crippen LogP contribution in [0.15, 0.2) is 113 Å². The van der Waals surface area contributed by atoms with E-state index in [9.17, 15) is 9.59 Å². The molecule has 46 heavy (non-hydrogen) atoms. The Morgan fingerprint density at radius 2 is 1.87 bits per heavy atom. The molecule has 2 aromatic heterocycles. The standard InChI is InChI=1S/C36H38N4O5S/c1-24-5-7-27(8-6-24)30-22-40(21-26-14-17-46-18-15-26)23-31(35(30)41)36(42)39-34-12-10-29(20-38-34)45-25(2)13-16-37-28-9-11-32(43-3)33(19-28)44-4/h5-8,10-13,16,19-20,22-23,26H,2,9,14-15,17-18,21H2,1,3-4H3,(H,38,39,42)/b16-13-,37-28?. The summed E-state index contributed by atoms with van der Waals surface area (Å²) in [6, 6.07) is 11.1. The van der Waals surface area contributed by atoms with Crippen molar-refractivity contribution in [2.75, 3.05) is 31.0 Å². The van der Waals surface area contributed by atoms with Gasteiger partial charge in [-0.25, -0.2) is 4.98 Å². The lowest BCUT2D eigenvalue weighted by Gasteiger charge is -2.23. The first kappa shape index (κ1) is 32.6. The zero-order valence-electron chi connectivity index (χ0n) is 26.3. The Morgan fingerprint density at radius 1 is 1.11 bits per heavy atom. The zero-order chi connectivity index (χ0) is 32.5. The highest BCUT2D eigenvalue weighted by Gasteiger charge is 2.20. The number of aromatic nitrogens is 2. The predicted octanol–water partition coefficient (Wildman–Crippen LogP) is 6.93. The summed E-state index contributed by atoms with van der Waals surface area (Å²) in [5, 5.41) is 2.78. The molecule has 0 atom stereocenters. The number of methoxy groups -OCH3 is 2. The molecule has 0 spiro atoms. The molecule has 0 unspecified atom stereocenters. The highest BCUT2D eigenvalue weighted by atomic mass is 32.2. The summed E-state index contributed by atoms with van der Waals surface area (Å²) in [5.74, 6) is 4.62. The molecule has 1 aliphatic heterocycles. The summed E-state index contributed by atoms with van der Waals surface area (Å²) in [4.78, 5) is 35.8. The number of nitrogens with zero attached hydrogens (tertiary/aromatic N) is 3. The first-order valence-electron chi connectivity index (χ1n) is 15.1. The van der Waals surface area contributed by atoms with Gasteiger partial charge in [-0.05, 0) is 67.0 Å². The largest absolute Gasteiger partial charge is 0.493 e. The molecule has 3 aromatic rings. The number of anilines is 1. The van der Waals surface area contributed by atoms with Crippen LogP contribution in [0.5, 0.6) is 5.75 Å². The number of pyridine rings is 2. The van der Waals surface area contributed by atoms with Crippen LogP contribution in [0.1, 0.15) is 35.2 Å². The SMILES string of the molecule is C=C(/C=C\N=C1C=C(OC)C(OC)=CC1)Oc1ccc(NC(=O)c2cn(CC3CCSCC3)cc(-c3ccc(C)cc3)c2=O)nc1. The topological polar surface area (TPSA) is 104 Å². The van der Waals surface area contributed by atoms with Crippen LogP contribution in [-0.2, 0) is 16.0 Å². The van der Waals surface area contributed by atoms with Crippen molar-refractivity contribution >= 4 is 29.2 Å². The molecular formula is C36H38N4O5S. The lowest BCUT2D eigenvalue weighted by molar-refractivity contribution is 0.102. The normalized spacial score (nSPS) is 16.1. The molecule has 1 amide bonds. The van der Waals surface area contributed by atoms with Crippen LogP contribution < -0.4 is 15.5 Å². The van der Waals surface area contributed by atoms with Crippen LogP contribution in [0.4, 0.5) is 5.82 Å². The first-order valence-corrected chi connectivity index (χ1v) is 16.2. The van der Waals surface area contributed by atoms with E-state index in [1.165, 1.54) is 6.20 Å². The van der Waals surface area contributed by atoms with E-state index in [0.29, 0.717) is 46.7 Å². The van der Waals surface area contributed by atoms with Gasteiger partial charge in [-0.3, -0.25) is 14.6 Å². The van der Waals surface area contributed by atoms with Gasteiger partial charge in [-0.1, -0.05) is 36.4 Å². The molecule has 0 saturated carbocycles. The van der Waals surface area contributed by atoms with Gasteiger partial charge in [0.1, 0.15) is 22.9 Å². The molecule has 1 N–H and O–H groups in total. The van der Waals surface area contributed by atoms with E-state index in [4.69, 9.17) is 14.2 Å². The molecule has 1 saturated heterocycles. The fraction of sp³-hybridized carbons (Fsp3) is 0.278. The number of carbonyl (C=O) groups excluding carboxylic acids is 1. The monoisotopic (exact) mass is 638 g/mol. The van der Waals surface area contributed by atoms with Gasteiger partial charge < -0.3 is 24.1 Å². The Kier molecular flexibility index (Phi) is 10.9. The van der Waals surface area contributed by atoms with Crippen molar-refractivity contribution in [3.63, 3.8) is 0 Å². The maximum atomic E-state index is 13.6. The van der Waals surface area contributed by atoms with Crippen LogP contribution in [0, 0.1) is 12.8 Å². The van der Waals surface area contributed by atoms with Crippen LogP contribution >= 0.6 is 11.8 Å². The van der Waals surface area contributed by atoms with Gasteiger partial charge in [0.25, 0.3) is 5.91 Å². The second-order valence-corrected chi connectivity index (χ2v) is 12.3. The minimum atomic E-state index is -0.514. The Hall–Kier alpha value is -4.83. The number of hydrogen-bond acceptors (Lipinski definition) is 8. The molecule has 1 aliphatic carbocycles. The highest BCUT2D eigenvalue weighted by Crippen LogP contribution is 2.25. The molecule has 0 bridgehead atoms. The fourth-order valence-electron chi connectivity index (χ4n) is 5.18. The summed E-state index contributed by atoms with van der Waals surface area (Å²) in [6.07, 6.45) is 14.8. The third-order valence-corrected chi connectivity index (χ3v) is 8.75. The van der Waals surface area contributed by atoms with Crippen LogP contribution in [0.2, 0.25) is 0 Å². The molecule has 238 valence electrons. The van der Waals surface area contributed by atoms with Crippen molar-refractivity contribution in [1.29, 1.82) is 0 Å². The quantitative estimate of drug-likeness (QED) is 0.180. The predicted molar refractivity (Wildman–Crippen MR) is 184 cm³/mol. The number of aryl methyl sites for hydroxylation is 1. The Bertz CT molecular complexity index is 1750. The minimum absolute atomic E-state index is 0.0740. The summed E-state index contributed by atoms with van der Waals surface area (Å²) in [6.45, 7) is 6.67. The summed E-state index contributed by atoms with van der Waals surface area (Å²) < 4.78 is 18.4. The Morgan fingerprint density at radius 3 is 2.57 bits per heavy atom. The average molecular weight is 639 g/mol. The lowest BCUT2D eigenvalue weighted by atomic mass is 10.0. The maximum absolute atomic E-state index is 13.6. The second kappa shape index (κ2) is 15.4. The van der Waals surface area contributed by atoms with Crippen LogP contribution in [0.3, 0.4) is 0 Å². The van der Waals surface area contributed by atoms with Crippen LogP contribution in [0.25, 0.3) is 11.1 Å². The van der Waals surface area contributed by atoms with Gasteiger partial charge in [0.05, 0.1) is 20.4 Å². The molecule has 10 heteroatoms. The number of rotatable bonds is 11. The van der Waals surface area contributed by atoms with Crippen molar-refractivity contribution in [3.05, 3.63) is 125 Å². The van der Waals surface area contributed by atoms with E-state index in [-0.39, 0.29) is 11.0 Å². The molecule has 9 nitrogen and oxygen atoms in total. The van der Waals surface area contributed by atoms with E-state index in [1.54, 1.807) is 44.8 Å². The number of aliphatic imine (C=N–C) groups is 1. The van der Waals surface area contributed by atoms with E-state index < -0.39 is 5.91 Å². The van der Waals surface area contributed by atoms with Crippen molar-refractivity contribution < 1.29 is 19.0 Å². The lowest BCUT2D eigenvalue weighted by Crippen LogP contribution is -2.26. The Balaban J connectivity index is 1.26. The third kappa shape index (κ3) is 8.45. The number of allylic oxidation sites excluding steroid dienone is 3. The third-order valence-electron chi connectivity index (χ3n) is 7.70. The minimum Gasteiger partial charge on any atom is -0.493 e. The molecule has 1 aromatic carbocycles. The Labute approximate surface area is 273 Å². The second-order valence-electron chi connectivity index (χ2n) is 11.1. The van der Waals surface area contributed by atoms with Gasteiger partial charge >= 0.3 is 0 Å². The van der Waals surface area contributed by atoms with Gasteiger partial charge in [0, 0.05) is 48.9 Å². The van der Waals surface area contributed by atoms with E-state index >= 15 is 0 Å². The highest BCUT2D eigenvalue weighted by molar-refractivity contribution is 7.99. The number of hydrogen-bond donors (Lipinski definition) is 1. The smallest absolute Gasteiger partial charge is 0.262 e. The number of benzene rings is 1. The zero-order valence-corrected chi connectivity index (χ0v) is 27.1. The molecule has 5 rings (SSSR count). The summed E-state index contributed by atoms with van der Waals surface area (Å²) in [5.41, 5.74) is 2.94. The van der Waals surface area contributed by atoms with Crippen molar-refractivity contribution in [1.82, 2.24) is 9.55 Å². The van der Waals surface area contributed by atoms with Gasteiger partial charge in [-0.2, -0.15) is 11.8 Å². The summed E-state index contributed by atoms with van der Waals surface area (Å²) >= 11 is 1.97. The molecule has 0 radical (unpaired) electrons. The number of nitrogens with one attached hydrogen (secondary N) is 1. The molecule has 3 heterocycles. The first-order chi connectivity index (χ1) is 22.3. The number of carbonyl (C=O) groups is 1. The number of amides is 1. The fourth-order valence-corrected chi connectivity index (χ4v) is 6.38. The van der Waals surface area contributed by atoms with Gasteiger partial charge in [0.15, 0.2) is 11.5 Å². The van der Waals surface area contributed by atoms with Gasteiger partial charge in [-0.15, -0.1) is 0 Å². The summed E-state index contributed by atoms with van der Waals surface area (Å²) in [7, 11) is 3.17. The maximum Gasteiger partial charge on any atom is 0.262 e. The van der Waals surface area contributed by atoms with Crippen molar-refractivity contribution in [2.45, 2.75) is 32.7 Å². The average Bonchev–Trinajstić information content (AvgIpc) is 3.07. The van der Waals surface area contributed by atoms with E-state index in [0.717, 1.165) is 47.7 Å². The van der Waals surface area contributed by atoms with Crippen LogP contribution in [-0.4, -0.2) is 46.9 Å². The molecular weight excluding hydrogens is 600 g/mol. The van der Waals surface area contributed by atoms with Crippen molar-refractivity contribution in [3.8, 4) is 16.9 Å². The number of ether oxygens (including phenoxy) is 3. The van der Waals surface area contributed by atoms with Crippen molar-refractivity contribution in [2.24, 2.45) is 10.9 Å².